The maximum atomic E-state index is 9.74. The van der Waals surface area contributed by atoms with E-state index in [0.717, 1.165) is 43.5 Å². The summed E-state index contributed by atoms with van der Waals surface area (Å²) >= 11 is 3.64. The van der Waals surface area contributed by atoms with Gasteiger partial charge in [0.25, 0.3) is 0 Å². The molecule has 0 radical (unpaired) electrons. The van der Waals surface area contributed by atoms with Crippen molar-refractivity contribution >= 4 is 21.6 Å². The largest absolute Gasteiger partial charge is 0.391 e. The molecular weight excluding hydrogens is 292 g/mol. The SMILES string of the molecule is CCNCc1ccc(N2CCCC(O)C2)c(Br)c1. The molecule has 0 aliphatic carbocycles. The van der Waals surface area contributed by atoms with Crippen LogP contribution in [0.3, 0.4) is 0 Å². The minimum Gasteiger partial charge on any atom is -0.391 e. The van der Waals surface area contributed by atoms with Crippen LogP contribution in [0.2, 0.25) is 0 Å². The first kappa shape index (κ1) is 13.8. The summed E-state index contributed by atoms with van der Waals surface area (Å²) in [5.41, 5.74) is 2.47. The van der Waals surface area contributed by atoms with Crippen LogP contribution in [0, 0.1) is 0 Å². The number of β-amino-alcohol motifs (C(OH)–C–C–N with tert-alkyl or cyclic N) is 1. The molecule has 0 saturated carbocycles. The number of rotatable bonds is 4. The van der Waals surface area contributed by atoms with Gasteiger partial charge in [-0.1, -0.05) is 13.0 Å². The summed E-state index contributed by atoms with van der Waals surface area (Å²) in [5.74, 6) is 0. The third-order valence-electron chi connectivity index (χ3n) is 3.33. The molecule has 1 atom stereocenters. The molecule has 4 heteroatoms. The van der Waals surface area contributed by atoms with Crippen molar-refractivity contribution in [2.75, 3.05) is 24.5 Å². The van der Waals surface area contributed by atoms with Crippen LogP contribution in [0.5, 0.6) is 0 Å². The Morgan fingerprint density at radius 2 is 2.33 bits per heavy atom. The molecule has 0 spiro atoms. The van der Waals surface area contributed by atoms with Gasteiger partial charge in [0.15, 0.2) is 0 Å². The first-order chi connectivity index (χ1) is 8.70. The normalized spacial score (nSPS) is 20.2. The van der Waals surface area contributed by atoms with E-state index in [2.05, 4.69) is 51.3 Å². The molecule has 1 aliphatic heterocycles. The van der Waals surface area contributed by atoms with Crippen molar-refractivity contribution in [3.63, 3.8) is 0 Å². The van der Waals surface area contributed by atoms with E-state index in [4.69, 9.17) is 0 Å². The maximum absolute atomic E-state index is 9.74. The fourth-order valence-corrected chi connectivity index (χ4v) is 3.04. The van der Waals surface area contributed by atoms with E-state index in [9.17, 15) is 5.11 Å². The summed E-state index contributed by atoms with van der Waals surface area (Å²) in [6.45, 7) is 5.77. The van der Waals surface area contributed by atoms with E-state index < -0.39 is 0 Å². The molecule has 1 aliphatic rings. The molecular formula is C14H21BrN2O. The van der Waals surface area contributed by atoms with Gasteiger partial charge in [0, 0.05) is 24.1 Å². The lowest BCUT2D eigenvalue weighted by Gasteiger charge is -2.32. The molecule has 1 aromatic rings. The quantitative estimate of drug-likeness (QED) is 0.897. The highest BCUT2D eigenvalue weighted by Crippen LogP contribution is 2.29. The molecule has 1 fully saturated rings. The lowest BCUT2D eigenvalue weighted by atomic mass is 10.1. The topological polar surface area (TPSA) is 35.5 Å². The molecule has 1 saturated heterocycles. The lowest BCUT2D eigenvalue weighted by Crippen LogP contribution is -2.38. The number of benzene rings is 1. The zero-order valence-corrected chi connectivity index (χ0v) is 12.4. The Hall–Kier alpha value is -0.580. The van der Waals surface area contributed by atoms with Crippen LogP contribution in [0.25, 0.3) is 0 Å². The second kappa shape index (κ2) is 6.55. The second-order valence-electron chi connectivity index (χ2n) is 4.81. The van der Waals surface area contributed by atoms with Crippen LogP contribution in [-0.2, 0) is 6.54 Å². The Labute approximate surface area is 117 Å². The molecule has 18 heavy (non-hydrogen) atoms. The number of piperidine rings is 1. The summed E-state index contributed by atoms with van der Waals surface area (Å²) in [4.78, 5) is 2.26. The van der Waals surface area contributed by atoms with Crippen LogP contribution in [0.15, 0.2) is 22.7 Å². The van der Waals surface area contributed by atoms with Gasteiger partial charge < -0.3 is 15.3 Å². The predicted octanol–water partition coefficient (Wildman–Crippen LogP) is 2.52. The molecule has 1 aromatic carbocycles. The number of aliphatic hydroxyl groups excluding tert-OH is 1. The molecule has 100 valence electrons. The standard InChI is InChI=1S/C14H21BrN2O/c1-2-16-9-11-5-6-14(13(15)8-11)17-7-3-4-12(18)10-17/h5-6,8,12,16,18H,2-4,7,9-10H2,1H3. The summed E-state index contributed by atoms with van der Waals surface area (Å²) in [7, 11) is 0. The predicted molar refractivity (Wildman–Crippen MR) is 79.0 cm³/mol. The van der Waals surface area contributed by atoms with Gasteiger partial charge in [-0.25, -0.2) is 0 Å². The Kier molecular flexibility index (Phi) is 5.03. The Morgan fingerprint density at radius 3 is 3.00 bits per heavy atom. The highest BCUT2D eigenvalue weighted by Gasteiger charge is 2.19. The van der Waals surface area contributed by atoms with Gasteiger partial charge in [0.05, 0.1) is 11.8 Å². The molecule has 2 rings (SSSR count). The maximum Gasteiger partial charge on any atom is 0.0715 e. The zero-order chi connectivity index (χ0) is 13.0. The fraction of sp³-hybridized carbons (Fsp3) is 0.571. The zero-order valence-electron chi connectivity index (χ0n) is 10.8. The average molecular weight is 313 g/mol. The van der Waals surface area contributed by atoms with E-state index in [0.29, 0.717) is 0 Å². The van der Waals surface area contributed by atoms with Crippen molar-refractivity contribution in [2.24, 2.45) is 0 Å². The number of hydrogen-bond acceptors (Lipinski definition) is 3. The molecule has 1 heterocycles. The van der Waals surface area contributed by atoms with Crippen LogP contribution < -0.4 is 10.2 Å². The highest BCUT2D eigenvalue weighted by atomic mass is 79.9. The van der Waals surface area contributed by atoms with Gasteiger partial charge in [-0.2, -0.15) is 0 Å². The third-order valence-corrected chi connectivity index (χ3v) is 3.96. The van der Waals surface area contributed by atoms with Crippen molar-refractivity contribution in [2.45, 2.75) is 32.4 Å². The number of aliphatic hydroxyl groups is 1. The van der Waals surface area contributed by atoms with Crippen molar-refractivity contribution in [3.05, 3.63) is 28.2 Å². The summed E-state index contributed by atoms with van der Waals surface area (Å²) < 4.78 is 1.12. The Balaban J connectivity index is 2.08. The summed E-state index contributed by atoms with van der Waals surface area (Å²) in [6.07, 6.45) is 1.80. The molecule has 0 aromatic heterocycles. The summed E-state index contributed by atoms with van der Waals surface area (Å²) in [5, 5.41) is 13.1. The number of nitrogens with zero attached hydrogens (tertiary/aromatic N) is 1. The van der Waals surface area contributed by atoms with E-state index in [1.54, 1.807) is 0 Å². The van der Waals surface area contributed by atoms with Gasteiger partial charge in [-0.3, -0.25) is 0 Å². The smallest absolute Gasteiger partial charge is 0.0715 e. The van der Waals surface area contributed by atoms with Crippen molar-refractivity contribution in [1.82, 2.24) is 5.32 Å². The molecule has 0 bridgehead atoms. The lowest BCUT2D eigenvalue weighted by molar-refractivity contribution is 0.154. The van der Waals surface area contributed by atoms with Crippen molar-refractivity contribution < 1.29 is 5.11 Å². The summed E-state index contributed by atoms with van der Waals surface area (Å²) in [6, 6.07) is 6.47. The Bertz CT molecular complexity index is 397. The van der Waals surface area contributed by atoms with Crippen LogP contribution in [0.4, 0.5) is 5.69 Å². The van der Waals surface area contributed by atoms with Crippen LogP contribution in [-0.4, -0.2) is 30.8 Å². The van der Waals surface area contributed by atoms with Crippen molar-refractivity contribution in [1.29, 1.82) is 0 Å². The second-order valence-corrected chi connectivity index (χ2v) is 5.66. The number of halogens is 1. The van der Waals surface area contributed by atoms with Gasteiger partial charge in [-0.15, -0.1) is 0 Å². The fourth-order valence-electron chi connectivity index (χ4n) is 2.36. The van der Waals surface area contributed by atoms with Gasteiger partial charge in [0.2, 0.25) is 0 Å². The number of hydrogen-bond donors (Lipinski definition) is 2. The molecule has 0 amide bonds. The minimum absolute atomic E-state index is 0.188. The molecule has 3 nitrogen and oxygen atoms in total. The molecule has 1 unspecified atom stereocenters. The highest BCUT2D eigenvalue weighted by molar-refractivity contribution is 9.10. The van der Waals surface area contributed by atoms with Gasteiger partial charge in [0.1, 0.15) is 0 Å². The first-order valence-corrected chi connectivity index (χ1v) is 7.42. The first-order valence-electron chi connectivity index (χ1n) is 6.63. The van der Waals surface area contributed by atoms with Crippen molar-refractivity contribution in [3.8, 4) is 0 Å². The molecule has 2 N–H and O–H groups in total. The third kappa shape index (κ3) is 3.46. The number of anilines is 1. The number of nitrogens with one attached hydrogen (secondary N) is 1. The van der Waals surface area contributed by atoms with Crippen LogP contribution >= 0.6 is 15.9 Å². The van der Waals surface area contributed by atoms with E-state index in [1.807, 2.05) is 0 Å². The van der Waals surface area contributed by atoms with Gasteiger partial charge >= 0.3 is 0 Å². The van der Waals surface area contributed by atoms with Gasteiger partial charge in [-0.05, 0) is 53.0 Å². The van der Waals surface area contributed by atoms with E-state index in [1.165, 1.54) is 11.3 Å². The average Bonchev–Trinajstić information content (AvgIpc) is 2.36. The van der Waals surface area contributed by atoms with E-state index >= 15 is 0 Å². The van der Waals surface area contributed by atoms with Crippen LogP contribution in [0.1, 0.15) is 25.3 Å². The minimum atomic E-state index is -0.188. The monoisotopic (exact) mass is 312 g/mol. The van der Waals surface area contributed by atoms with E-state index in [-0.39, 0.29) is 6.10 Å². The Morgan fingerprint density at radius 1 is 1.50 bits per heavy atom.